The van der Waals surface area contributed by atoms with Crippen LogP contribution in [-0.2, 0) is 19.4 Å². The van der Waals surface area contributed by atoms with Crippen molar-refractivity contribution in [1.29, 1.82) is 0 Å². The highest BCUT2D eigenvalue weighted by Crippen LogP contribution is 2.19. The highest BCUT2D eigenvalue weighted by molar-refractivity contribution is 6.35. The monoisotopic (exact) mass is 365 g/mol. The van der Waals surface area contributed by atoms with Gasteiger partial charge in [0.2, 0.25) is 0 Å². The smallest absolute Gasteiger partial charge is 0.267 e. The van der Waals surface area contributed by atoms with Gasteiger partial charge in [0.25, 0.3) is 11.5 Å². The third-order valence-corrected chi connectivity index (χ3v) is 4.44. The Hall–Kier alpha value is -1.85. The van der Waals surface area contributed by atoms with E-state index in [1.54, 1.807) is 24.3 Å². The summed E-state index contributed by atoms with van der Waals surface area (Å²) in [7, 11) is 0. The van der Waals surface area contributed by atoms with Gasteiger partial charge in [-0.05, 0) is 49.4 Å². The number of hydrogen-bond acceptors (Lipinski definition) is 3. The average molecular weight is 366 g/mol. The standard InChI is InChI=1S/C17H17Cl2N3O2/c18-13-7-12(8-14(19)10-13)17(24)20-5-6-22-16(23)9-11-3-1-2-4-15(11)21-22/h7-10H,1-6H2,(H,20,24). The Bertz CT molecular complexity index is 813. The van der Waals surface area contributed by atoms with Gasteiger partial charge in [0.05, 0.1) is 12.2 Å². The van der Waals surface area contributed by atoms with E-state index in [-0.39, 0.29) is 11.5 Å². The van der Waals surface area contributed by atoms with Gasteiger partial charge in [-0.1, -0.05) is 23.2 Å². The lowest BCUT2D eigenvalue weighted by Gasteiger charge is -2.16. The van der Waals surface area contributed by atoms with Crippen molar-refractivity contribution in [2.75, 3.05) is 6.54 Å². The van der Waals surface area contributed by atoms with Gasteiger partial charge in [0, 0.05) is 28.2 Å². The second-order valence-electron chi connectivity index (χ2n) is 5.80. The third kappa shape index (κ3) is 3.97. The van der Waals surface area contributed by atoms with E-state index in [1.807, 2.05) is 0 Å². The van der Waals surface area contributed by atoms with Crippen LogP contribution in [0.5, 0.6) is 0 Å². The first-order valence-electron chi connectivity index (χ1n) is 7.87. The average Bonchev–Trinajstić information content (AvgIpc) is 2.54. The van der Waals surface area contributed by atoms with E-state index in [9.17, 15) is 9.59 Å². The van der Waals surface area contributed by atoms with Gasteiger partial charge in [-0.25, -0.2) is 4.68 Å². The molecule has 0 unspecified atom stereocenters. The molecule has 3 rings (SSSR count). The fraction of sp³-hybridized carbons (Fsp3) is 0.353. The quantitative estimate of drug-likeness (QED) is 0.905. The molecule has 1 aliphatic carbocycles. The summed E-state index contributed by atoms with van der Waals surface area (Å²) in [5.41, 5.74) is 2.31. The fourth-order valence-electron chi connectivity index (χ4n) is 2.82. The molecule has 0 aliphatic heterocycles. The van der Waals surface area contributed by atoms with Gasteiger partial charge in [0.1, 0.15) is 0 Å². The van der Waals surface area contributed by atoms with Gasteiger partial charge in [-0.15, -0.1) is 0 Å². The molecule has 24 heavy (non-hydrogen) atoms. The lowest BCUT2D eigenvalue weighted by Crippen LogP contribution is -2.33. The zero-order valence-corrected chi connectivity index (χ0v) is 14.5. The third-order valence-electron chi connectivity index (χ3n) is 4.01. The summed E-state index contributed by atoms with van der Waals surface area (Å²) in [4.78, 5) is 24.2. The van der Waals surface area contributed by atoms with E-state index in [4.69, 9.17) is 23.2 Å². The summed E-state index contributed by atoms with van der Waals surface area (Å²) in [5.74, 6) is -0.287. The number of aromatic nitrogens is 2. The maximum atomic E-state index is 12.1. The van der Waals surface area contributed by atoms with Crippen molar-refractivity contribution in [3.8, 4) is 0 Å². The molecule has 1 amide bonds. The zero-order chi connectivity index (χ0) is 17.1. The topological polar surface area (TPSA) is 64.0 Å². The lowest BCUT2D eigenvalue weighted by atomic mass is 9.97. The van der Waals surface area contributed by atoms with Gasteiger partial charge in [-0.2, -0.15) is 5.10 Å². The number of benzene rings is 1. The van der Waals surface area contributed by atoms with Crippen molar-refractivity contribution >= 4 is 29.1 Å². The van der Waals surface area contributed by atoms with Crippen LogP contribution in [0.3, 0.4) is 0 Å². The normalized spacial score (nSPS) is 13.4. The number of halogens is 2. The molecule has 0 bridgehead atoms. The van der Waals surface area contributed by atoms with E-state index < -0.39 is 0 Å². The molecular formula is C17H17Cl2N3O2. The number of nitrogens with one attached hydrogen (secondary N) is 1. The first-order chi connectivity index (χ1) is 11.5. The van der Waals surface area contributed by atoms with Gasteiger partial charge in [-0.3, -0.25) is 9.59 Å². The zero-order valence-electron chi connectivity index (χ0n) is 13.0. The molecule has 2 aromatic rings. The summed E-state index contributed by atoms with van der Waals surface area (Å²) < 4.78 is 1.41. The van der Waals surface area contributed by atoms with Crippen LogP contribution in [0.2, 0.25) is 10.0 Å². The fourth-order valence-corrected chi connectivity index (χ4v) is 3.35. The number of rotatable bonds is 4. The van der Waals surface area contributed by atoms with E-state index in [2.05, 4.69) is 10.4 Å². The maximum absolute atomic E-state index is 12.1. The van der Waals surface area contributed by atoms with Crippen LogP contribution in [0.15, 0.2) is 29.1 Å². The van der Waals surface area contributed by atoms with Crippen molar-refractivity contribution in [2.24, 2.45) is 0 Å². The molecule has 0 saturated heterocycles. The molecule has 5 nitrogen and oxygen atoms in total. The SMILES string of the molecule is O=C(NCCn1nc2c(cc1=O)CCCC2)c1cc(Cl)cc(Cl)c1. The Kier molecular flexibility index (Phi) is 5.21. The van der Waals surface area contributed by atoms with Crippen molar-refractivity contribution in [2.45, 2.75) is 32.2 Å². The predicted octanol–water partition coefficient (Wildman–Crippen LogP) is 2.86. The van der Waals surface area contributed by atoms with Crippen LogP contribution < -0.4 is 10.9 Å². The summed E-state index contributed by atoms with van der Waals surface area (Å²) >= 11 is 11.8. The number of carbonyl (C=O) groups is 1. The Morgan fingerprint density at radius 2 is 1.83 bits per heavy atom. The molecular weight excluding hydrogens is 349 g/mol. The Morgan fingerprint density at radius 1 is 1.12 bits per heavy atom. The molecule has 0 radical (unpaired) electrons. The molecule has 126 valence electrons. The van der Waals surface area contributed by atoms with Crippen molar-refractivity contribution < 1.29 is 4.79 Å². The highest BCUT2D eigenvalue weighted by atomic mass is 35.5. The molecule has 1 aromatic carbocycles. The van der Waals surface area contributed by atoms with Gasteiger partial charge in [0.15, 0.2) is 0 Å². The molecule has 0 atom stereocenters. The molecule has 0 saturated carbocycles. The minimum atomic E-state index is -0.287. The van der Waals surface area contributed by atoms with Crippen molar-refractivity contribution in [3.63, 3.8) is 0 Å². The first-order valence-corrected chi connectivity index (χ1v) is 8.63. The number of aryl methyl sites for hydroxylation is 2. The number of carbonyl (C=O) groups excluding carboxylic acids is 1. The van der Waals surface area contributed by atoms with Gasteiger partial charge >= 0.3 is 0 Å². The minimum absolute atomic E-state index is 0.129. The summed E-state index contributed by atoms with van der Waals surface area (Å²) in [5, 5.41) is 7.98. The van der Waals surface area contributed by atoms with E-state index in [0.717, 1.165) is 36.9 Å². The van der Waals surface area contributed by atoms with Crippen LogP contribution in [-0.4, -0.2) is 22.2 Å². The lowest BCUT2D eigenvalue weighted by molar-refractivity contribution is 0.0951. The second kappa shape index (κ2) is 7.36. The Balaban J connectivity index is 1.64. The van der Waals surface area contributed by atoms with E-state index >= 15 is 0 Å². The summed E-state index contributed by atoms with van der Waals surface area (Å²) in [6.07, 6.45) is 4.04. The van der Waals surface area contributed by atoms with Crippen LogP contribution in [0.25, 0.3) is 0 Å². The van der Waals surface area contributed by atoms with Crippen LogP contribution >= 0.6 is 23.2 Å². The van der Waals surface area contributed by atoms with Crippen LogP contribution in [0, 0.1) is 0 Å². The highest BCUT2D eigenvalue weighted by Gasteiger charge is 2.13. The van der Waals surface area contributed by atoms with Crippen LogP contribution in [0.4, 0.5) is 0 Å². The molecule has 7 heteroatoms. The molecule has 1 aromatic heterocycles. The molecule has 0 fully saturated rings. The number of amides is 1. The summed E-state index contributed by atoms with van der Waals surface area (Å²) in [6.45, 7) is 0.626. The largest absolute Gasteiger partial charge is 0.350 e. The van der Waals surface area contributed by atoms with E-state index in [1.165, 1.54) is 4.68 Å². The molecule has 1 aliphatic rings. The first kappa shape index (κ1) is 17.0. The Morgan fingerprint density at radius 3 is 2.58 bits per heavy atom. The minimum Gasteiger partial charge on any atom is -0.350 e. The summed E-state index contributed by atoms with van der Waals surface area (Å²) in [6, 6.07) is 6.33. The molecule has 1 heterocycles. The number of fused-ring (bicyclic) bond motifs is 1. The number of nitrogens with zero attached hydrogens (tertiary/aromatic N) is 2. The predicted molar refractivity (Wildman–Crippen MR) is 93.9 cm³/mol. The maximum Gasteiger partial charge on any atom is 0.267 e. The Labute approximate surface area is 149 Å². The van der Waals surface area contributed by atoms with Crippen molar-refractivity contribution in [3.05, 3.63) is 61.5 Å². The van der Waals surface area contributed by atoms with Crippen LogP contribution in [0.1, 0.15) is 34.5 Å². The van der Waals surface area contributed by atoms with E-state index in [0.29, 0.717) is 28.7 Å². The molecule has 1 N–H and O–H groups in total. The van der Waals surface area contributed by atoms with Crippen molar-refractivity contribution in [1.82, 2.24) is 15.1 Å². The second-order valence-corrected chi connectivity index (χ2v) is 6.67. The van der Waals surface area contributed by atoms with Gasteiger partial charge < -0.3 is 5.32 Å². The molecule has 0 spiro atoms. The number of hydrogen-bond donors (Lipinski definition) is 1.